The molecule has 0 amide bonds. The molecule has 0 saturated carbocycles. The smallest absolute Gasteiger partial charge is 0.0594 e. The standard InChI is InChI=1S/C7H13NO.ClH/c8-5-3-6-1-2-7(4-5)9-6;/h5-7H,1-4,8H2;1H/t5?,6-,7+;. The van der Waals surface area contributed by atoms with Crippen molar-refractivity contribution in [2.24, 2.45) is 5.73 Å². The minimum Gasteiger partial charge on any atom is -0.375 e. The molecule has 2 rings (SSSR count). The Bertz CT molecular complexity index is 108. The quantitative estimate of drug-likeness (QED) is 0.580. The van der Waals surface area contributed by atoms with Gasteiger partial charge in [-0.25, -0.2) is 0 Å². The van der Waals surface area contributed by atoms with E-state index in [0.29, 0.717) is 18.2 Å². The highest BCUT2D eigenvalue weighted by atomic mass is 35.5. The molecule has 2 saturated heterocycles. The fourth-order valence-corrected chi connectivity index (χ4v) is 1.90. The van der Waals surface area contributed by atoms with Gasteiger partial charge in [0.25, 0.3) is 0 Å². The van der Waals surface area contributed by atoms with Crippen LogP contribution in [-0.2, 0) is 4.74 Å². The van der Waals surface area contributed by atoms with E-state index in [0.717, 1.165) is 12.8 Å². The largest absolute Gasteiger partial charge is 0.375 e. The van der Waals surface area contributed by atoms with Crippen LogP contribution in [0.5, 0.6) is 0 Å². The first-order valence-electron chi connectivity index (χ1n) is 3.75. The zero-order valence-electron chi connectivity index (χ0n) is 5.95. The molecule has 0 aliphatic carbocycles. The molecule has 2 bridgehead atoms. The average molecular weight is 164 g/mol. The van der Waals surface area contributed by atoms with Gasteiger partial charge in [0.1, 0.15) is 0 Å². The highest BCUT2D eigenvalue weighted by molar-refractivity contribution is 5.85. The molecule has 1 unspecified atom stereocenters. The molecule has 10 heavy (non-hydrogen) atoms. The Kier molecular flexibility index (Phi) is 2.55. The van der Waals surface area contributed by atoms with Gasteiger partial charge in [-0.15, -0.1) is 12.4 Å². The summed E-state index contributed by atoms with van der Waals surface area (Å²) in [6.45, 7) is 0. The average Bonchev–Trinajstić information content (AvgIpc) is 2.11. The molecule has 2 fully saturated rings. The van der Waals surface area contributed by atoms with E-state index in [2.05, 4.69) is 0 Å². The molecule has 2 aliphatic rings. The third-order valence-electron chi connectivity index (χ3n) is 2.33. The van der Waals surface area contributed by atoms with Gasteiger partial charge < -0.3 is 10.5 Å². The third kappa shape index (κ3) is 1.44. The van der Waals surface area contributed by atoms with Crippen molar-refractivity contribution in [3.05, 3.63) is 0 Å². The predicted octanol–water partition coefficient (Wildman–Crippen LogP) is 1.08. The summed E-state index contributed by atoms with van der Waals surface area (Å²) in [5, 5.41) is 0. The molecule has 3 heteroatoms. The zero-order chi connectivity index (χ0) is 6.27. The first-order valence-corrected chi connectivity index (χ1v) is 3.75. The van der Waals surface area contributed by atoms with Crippen LogP contribution in [0, 0.1) is 0 Å². The number of nitrogens with two attached hydrogens (primary N) is 1. The van der Waals surface area contributed by atoms with E-state index in [1.54, 1.807) is 0 Å². The van der Waals surface area contributed by atoms with Gasteiger partial charge in [-0.2, -0.15) is 0 Å². The summed E-state index contributed by atoms with van der Waals surface area (Å²) in [5.41, 5.74) is 5.78. The Morgan fingerprint density at radius 2 is 1.60 bits per heavy atom. The summed E-state index contributed by atoms with van der Waals surface area (Å²) < 4.78 is 5.59. The van der Waals surface area contributed by atoms with Crippen molar-refractivity contribution in [1.29, 1.82) is 0 Å². The third-order valence-corrected chi connectivity index (χ3v) is 2.33. The van der Waals surface area contributed by atoms with E-state index in [-0.39, 0.29) is 12.4 Å². The summed E-state index contributed by atoms with van der Waals surface area (Å²) in [4.78, 5) is 0. The van der Waals surface area contributed by atoms with Crippen molar-refractivity contribution < 1.29 is 4.74 Å². The maximum Gasteiger partial charge on any atom is 0.0594 e. The summed E-state index contributed by atoms with van der Waals surface area (Å²) in [6.07, 6.45) is 5.71. The lowest BCUT2D eigenvalue weighted by Gasteiger charge is -2.24. The second-order valence-electron chi connectivity index (χ2n) is 3.19. The Morgan fingerprint density at radius 1 is 1.10 bits per heavy atom. The summed E-state index contributed by atoms with van der Waals surface area (Å²) in [6, 6.07) is 0.427. The van der Waals surface area contributed by atoms with E-state index < -0.39 is 0 Å². The van der Waals surface area contributed by atoms with E-state index in [4.69, 9.17) is 10.5 Å². The molecule has 0 radical (unpaired) electrons. The van der Waals surface area contributed by atoms with Gasteiger partial charge >= 0.3 is 0 Å². The van der Waals surface area contributed by atoms with Crippen LogP contribution in [0.1, 0.15) is 25.7 Å². The molecule has 0 aromatic heterocycles. The van der Waals surface area contributed by atoms with Crippen LogP contribution in [0.15, 0.2) is 0 Å². The first kappa shape index (κ1) is 8.31. The van der Waals surface area contributed by atoms with Gasteiger partial charge in [0.15, 0.2) is 0 Å². The number of fused-ring (bicyclic) bond motifs is 2. The Morgan fingerprint density at radius 3 is 2.10 bits per heavy atom. The number of ether oxygens (including phenoxy) is 1. The fraction of sp³-hybridized carbons (Fsp3) is 1.00. The Labute approximate surface area is 67.5 Å². The molecule has 2 N–H and O–H groups in total. The minimum atomic E-state index is 0. The highest BCUT2D eigenvalue weighted by Gasteiger charge is 2.32. The van der Waals surface area contributed by atoms with E-state index >= 15 is 0 Å². The van der Waals surface area contributed by atoms with Crippen LogP contribution in [0.2, 0.25) is 0 Å². The van der Waals surface area contributed by atoms with Gasteiger partial charge in [0.2, 0.25) is 0 Å². The SMILES string of the molecule is Cl.NC1C[C@H]2CC[C@@H](C1)O2. The van der Waals surface area contributed by atoms with Crippen LogP contribution < -0.4 is 5.73 Å². The van der Waals surface area contributed by atoms with Crippen molar-refractivity contribution >= 4 is 12.4 Å². The van der Waals surface area contributed by atoms with Gasteiger partial charge in [0, 0.05) is 6.04 Å². The molecular formula is C7H14ClNO. The lowest BCUT2D eigenvalue weighted by atomic mass is 10.1. The predicted molar refractivity (Wildman–Crippen MR) is 42.4 cm³/mol. The highest BCUT2D eigenvalue weighted by Crippen LogP contribution is 2.31. The number of rotatable bonds is 0. The van der Waals surface area contributed by atoms with E-state index in [9.17, 15) is 0 Å². The monoisotopic (exact) mass is 163 g/mol. The number of halogens is 1. The van der Waals surface area contributed by atoms with E-state index in [1.165, 1.54) is 12.8 Å². The molecule has 2 heterocycles. The van der Waals surface area contributed by atoms with Gasteiger partial charge in [-0.1, -0.05) is 0 Å². The molecule has 2 nitrogen and oxygen atoms in total. The van der Waals surface area contributed by atoms with Gasteiger partial charge in [-0.3, -0.25) is 0 Å². The molecule has 0 aromatic carbocycles. The van der Waals surface area contributed by atoms with Crippen LogP contribution in [0.3, 0.4) is 0 Å². The normalized spacial score (nSPS) is 44.7. The first-order chi connectivity index (χ1) is 4.34. The Balaban J connectivity index is 0.000000500. The van der Waals surface area contributed by atoms with Crippen molar-refractivity contribution in [2.45, 2.75) is 43.9 Å². The second-order valence-corrected chi connectivity index (χ2v) is 3.19. The molecule has 0 aromatic rings. The van der Waals surface area contributed by atoms with E-state index in [1.807, 2.05) is 0 Å². The molecule has 3 atom stereocenters. The molecule has 2 aliphatic heterocycles. The maximum atomic E-state index is 5.78. The van der Waals surface area contributed by atoms with Gasteiger partial charge in [0.05, 0.1) is 12.2 Å². The lowest BCUT2D eigenvalue weighted by molar-refractivity contribution is -0.00236. The van der Waals surface area contributed by atoms with Gasteiger partial charge in [-0.05, 0) is 25.7 Å². The molecule has 60 valence electrons. The van der Waals surface area contributed by atoms with Crippen LogP contribution in [-0.4, -0.2) is 18.2 Å². The van der Waals surface area contributed by atoms with Crippen LogP contribution >= 0.6 is 12.4 Å². The van der Waals surface area contributed by atoms with Crippen LogP contribution in [0.4, 0.5) is 0 Å². The topological polar surface area (TPSA) is 35.2 Å². The Hall–Kier alpha value is 0.210. The fourth-order valence-electron chi connectivity index (χ4n) is 1.90. The van der Waals surface area contributed by atoms with Crippen molar-refractivity contribution in [3.63, 3.8) is 0 Å². The summed E-state index contributed by atoms with van der Waals surface area (Å²) >= 11 is 0. The second kappa shape index (κ2) is 3.07. The van der Waals surface area contributed by atoms with Crippen molar-refractivity contribution in [3.8, 4) is 0 Å². The van der Waals surface area contributed by atoms with Crippen molar-refractivity contribution in [1.82, 2.24) is 0 Å². The van der Waals surface area contributed by atoms with Crippen LogP contribution in [0.25, 0.3) is 0 Å². The zero-order valence-corrected chi connectivity index (χ0v) is 6.77. The number of hydrogen-bond donors (Lipinski definition) is 1. The lowest BCUT2D eigenvalue weighted by Crippen LogP contribution is -2.34. The van der Waals surface area contributed by atoms with Crippen molar-refractivity contribution in [2.75, 3.05) is 0 Å². The summed E-state index contributed by atoms with van der Waals surface area (Å²) in [7, 11) is 0. The number of hydrogen-bond acceptors (Lipinski definition) is 2. The maximum absolute atomic E-state index is 5.78. The summed E-state index contributed by atoms with van der Waals surface area (Å²) in [5.74, 6) is 0. The minimum absolute atomic E-state index is 0. The molecule has 0 spiro atoms. The molecular weight excluding hydrogens is 150 g/mol.